The van der Waals surface area contributed by atoms with E-state index in [0.717, 1.165) is 11.4 Å². The molecule has 12 nitrogen and oxygen atoms in total. The Morgan fingerprint density at radius 1 is 0.500 bits per heavy atom. The SMILES string of the molecule is OCCN(CCO)c1nc(Nc2ccccc2)c2nc(N(CCO)CCO)nc(Nc3ccccc3)c2n1. The van der Waals surface area contributed by atoms with Crippen LogP contribution in [-0.4, -0.2) is 93.0 Å². The van der Waals surface area contributed by atoms with Crippen molar-refractivity contribution in [1.29, 1.82) is 0 Å². The lowest BCUT2D eigenvalue weighted by Gasteiger charge is -2.24. The second-order valence-corrected chi connectivity index (χ2v) is 8.29. The summed E-state index contributed by atoms with van der Waals surface area (Å²) in [5.74, 6) is 1.36. The van der Waals surface area contributed by atoms with Crippen LogP contribution in [0.3, 0.4) is 0 Å². The average Bonchev–Trinajstić information content (AvgIpc) is 2.94. The van der Waals surface area contributed by atoms with Crippen LogP contribution in [0.1, 0.15) is 0 Å². The monoisotopic (exact) mass is 520 g/mol. The molecule has 6 N–H and O–H groups in total. The van der Waals surface area contributed by atoms with E-state index in [1.807, 2.05) is 60.7 Å². The Bertz CT molecular complexity index is 1180. The molecule has 0 radical (unpaired) electrons. The summed E-state index contributed by atoms with van der Waals surface area (Å²) in [5, 5.41) is 45.1. The Kier molecular flexibility index (Phi) is 9.54. The molecule has 4 rings (SSSR count). The van der Waals surface area contributed by atoms with Crippen LogP contribution < -0.4 is 20.4 Å². The van der Waals surface area contributed by atoms with Gasteiger partial charge in [-0.2, -0.15) is 9.97 Å². The molecule has 0 aliphatic rings. The zero-order chi connectivity index (χ0) is 26.7. The summed E-state index contributed by atoms with van der Waals surface area (Å²) in [6.07, 6.45) is 0. The van der Waals surface area contributed by atoms with Crippen molar-refractivity contribution >= 4 is 45.9 Å². The number of rotatable bonds is 14. The van der Waals surface area contributed by atoms with Crippen molar-refractivity contribution in [1.82, 2.24) is 19.9 Å². The molecule has 0 aliphatic heterocycles. The molecule has 0 spiro atoms. The first kappa shape index (κ1) is 26.9. The Morgan fingerprint density at radius 3 is 1.16 bits per heavy atom. The number of aromatic nitrogens is 4. The summed E-state index contributed by atoms with van der Waals surface area (Å²) in [4.78, 5) is 22.3. The van der Waals surface area contributed by atoms with Gasteiger partial charge in [0.05, 0.1) is 26.4 Å². The molecule has 200 valence electrons. The first-order chi connectivity index (χ1) is 18.7. The van der Waals surface area contributed by atoms with E-state index in [-0.39, 0.29) is 64.5 Å². The third-order valence-corrected chi connectivity index (χ3v) is 5.64. The summed E-state index contributed by atoms with van der Waals surface area (Å²) in [5.41, 5.74) is 2.37. The van der Waals surface area contributed by atoms with Crippen molar-refractivity contribution in [3.63, 3.8) is 0 Å². The van der Waals surface area contributed by atoms with Crippen LogP contribution >= 0.6 is 0 Å². The maximum absolute atomic E-state index is 9.61. The van der Waals surface area contributed by atoms with Gasteiger partial charge >= 0.3 is 0 Å². The Balaban J connectivity index is 1.95. The summed E-state index contributed by atoms with van der Waals surface area (Å²) in [6, 6.07) is 18.9. The van der Waals surface area contributed by atoms with Crippen molar-refractivity contribution in [2.24, 2.45) is 0 Å². The van der Waals surface area contributed by atoms with E-state index in [9.17, 15) is 20.4 Å². The predicted octanol–water partition coefficient (Wildman–Crippen LogP) is 1.49. The topological polar surface area (TPSA) is 163 Å². The molecule has 0 saturated carbocycles. The molecule has 0 atom stereocenters. The van der Waals surface area contributed by atoms with Crippen molar-refractivity contribution in [2.45, 2.75) is 0 Å². The van der Waals surface area contributed by atoms with E-state index >= 15 is 0 Å². The number of nitrogens with one attached hydrogen (secondary N) is 2. The zero-order valence-electron chi connectivity index (χ0n) is 20.9. The van der Waals surface area contributed by atoms with Crippen LogP contribution in [0, 0.1) is 0 Å². The van der Waals surface area contributed by atoms with E-state index < -0.39 is 0 Å². The largest absolute Gasteiger partial charge is 0.395 e. The molecular formula is C26H32N8O4. The minimum Gasteiger partial charge on any atom is -0.395 e. The van der Waals surface area contributed by atoms with E-state index in [1.54, 1.807) is 9.80 Å². The Hall–Kier alpha value is -4.10. The van der Waals surface area contributed by atoms with Crippen molar-refractivity contribution in [3.8, 4) is 0 Å². The van der Waals surface area contributed by atoms with Crippen LogP contribution in [0.2, 0.25) is 0 Å². The van der Waals surface area contributed by atoms with Gasteiger partial charge in [-0.15, -0.1) is 0 Å². The van der Waals surface area contributed by atoms with Gasteiger partial charge in [-0.1, -0.05) is 36.4 Å². The summed E-state index contributed by atoms with van der Waals surface area (Å²) >= 11 is 0. The number of hydrogen-bond acceptors (Lipinski definition) is 12. The standard InChI is InChI=1S/C26H32N8O4/c35-15-11-33(12-16-36)25-30-22-21(23(31-25)27-19-7-3-1-4-8-19)29-26(34(13-17-37)14-18-38)32-24(22)28-20-9-5-2-6-10-20/h1-10,35-38H,11-18H2,(H,27,30,31)(H,28,29,32). The minimum atomic E-state index is -0.148. The first-order valence-electron chi connectivity index (χ1n) is 12.3. The normalized spacial score (nSPS) is 10.9. The lowest BCUT2D eigenvalue weighted by molar-refractivity contribution is 0.279. The molecule has 0 fully saturated rings. The summed E-state index contributed by atoms with van der Waals surface area (Å²) < 4.78 is 0. The van der Waals surface area contributed by atoms with Gasteiger partial charge in [0, 0.05) is 37.6 Å². The number of benzene rings is 2. The second kappa shape index (κ2) is 13.4. The second-order valence-electron chi connectivity index (χ2n) is 8.29. The first-order valence-corrected chi connectivity index (χ1v) is 12.3. The molecular weight excluding hydrogens is 488 g/mol. The molecule has 12 heteroatoms. The third-order valence-electron chi connectivity index (χ3n) is 5.64. The maximum atomic E-state index is 9.61. The smallest absolute Gasteiger partial charge is 0.228 e. The molecule has 0 saturated heterocycles. The number of para-hydroxylation sites is 2. The van der Waals surface area contributed by atoms with Crippen molar-refractivity contribution < 1.29 is 20.4 Å². The molecule has 38 heavy (non-hydrogen) atoms. The van der Waals surface area contributed by atoms with E-state index in [4.69, 9.17) is 19.9 Å². The number of aliphatic hydroxyl groups excluding tert-OH is 4. The number of aliphatic hydroxyl groups is 4. The molecule has 2 aromatic carbocycles. The highest BCUT2D eigenvalue weighted by molar-refractivity contribution is 5.96. The van der Waals surface area contributed by atoms with Crippen LogP contribution in [0.15, 0.2) is 60.7 Å². The highest BCUT2D eigenvalue weighted by Crippen LogP contribution is 2.32. The van der Waals surface area contributed by atoms with Crippen LogP contribution in [-0.2, 0) is 0 Å². The van der Waals surface area contributed by atoms with Gasteiger partial charge in [0.25, 0.3) is 0 Å². The number of hydrogen-bond donors (Lipinski definition) is 6. The minimum absolute atomic E-state index is 0.148. The van der Waals surface area contributed by atoms with Gasteiger partial charge in [0.15, 0.2) is 11.6 Å². The summed E-state index contributed by atoms with van der Waals surface area (Å²) in [6.45, 7) is 0.288. The fraction of sp³-hybridized carbons (Fsp3) is 0.308. The quantitative estimate of drug-likeness (QED) is 0.142. The van der Waals surface area contributed by atoms with Crippen LogP contribution in [0.25, 0.3) is 11.0 Å². The molecule has 0 amide bonds. The highest BCUT2D eigenvalue weighted by atomic mass is 16.3. The third kappa shape index (κ3) is 6.61. The molecule has 2 heterocycles. The van der Waals surface area contributed by atoms with E-state index in [0.29, 0.717) is 22.7 Å². The van der Waals surface area contributed by atoms with Gasteiger partial charge < -0.3 is 40.9 Å². The average molecular weight is 521 g/mol. The maximum Gasteiger partial charge on any atom is 0.228 e. The van der Waals surface area contributed by atoms with E-state index in [2.05, 4.69) is 10.6 Å². The number of nitrogens with zero attached hydrogens (tertiary/aromatic N) is 6. The molecule has 2 aromatic heterocycles. The van der Waals surface area contributed by atoms with Crippen molar-refractivity contribution in [2.75, 3.05) is 73.0 Å². The Labute approximate surface area is 220 Å². The highest BCUT2D eigenvalue weighted by Gasteiger charge is 2.21. The van der Waals surface area contributed by atoms with Gasteiger partial charge in [-0.05, 0) is 24.3 Å². The molecule has 0 unspecified atom stereocenters. The van der Waals surface area contributed by atoms with Crippen LogP contribution in [0.4, 0.5) is 34.9 Å². The molecule has 0 aliphatic carbocycles. The summed E-state index contributed by atoms with van der Waals surface area (Å²) in [7, 11) is 0. The lowest BCUT2D eigenvalue weighted by Crippen LogP contribution is -2.32. The van der Waals surface area contributed by atoms with Gasteiger partial charge in [-0.25, -0.2) is 9.97 Å². The van der Waals surface area contributed by atoms with Crippen molar-refractivity contribution in [3.05, 3.63) is 60.7 Å². The fourth-order valence-corrected chi connectivity index (χ4v) is 3.87. The van der Waals surface area contributed by atoms with Gasteiger partial charge in [-0.3, -0.25) is 0 Å². The van der Waals surface area contributed by atoms with E-state index in [1.165, 1.54) is 0 Å². The predicted molar refractivity (Wildman–Crippen MR) is 147 cm³/mol. The number of anilines is 6. The van der Waals surface area contributed by atoms with Gasteiger partial charge in [0.1, 0.15) is 11.0 Å². The zero-order valence-corrected chi connectivity index (χ0v) is 20.9. The van der Waals surface area contributed by atoms with Gasteiger partial charge in [0.2, 0.25) is 11.9 Å². The molecule has 0 bridgehead atoms. The fourth-order valence-electron chi connectivity index (χ4n) is 3.87. The number of fused-ring (bicyclic) bond motifs is 1. The molecule has 4 aromatic rings. The van der Waals surface area contributed by atoms with Crippen LogP contribution in [0.5, 0.6) is 0 Å². The lowest BCUT2D eigenvalue weighted by atomic mass is 10.3. The Morgan fingerprint density at radius 2 is 0.842 bits per heavy atom.